The van der Waals surface area contributed by atoms with Crippen LogP contribution in [0.15, 0.2) is 72.1 Å². The van der Waals surface area contributed by atoms with Gasteiger partial charge < -0.3 is 10.5 Å². The molecule has 0 aliphatic carbocycles. The van der Waals surface area contributed by atoms with E-state index in [1.54, 1.807) is 18.2 Å². The topological polar surface area (TPSA) is 102 Å². The average molecular weight is 343 g/mol. The Morgan fingerprint density at radius 2 is 1.77 bits per heavy atom. The number of fused-ring (bicyclic) bond motifs is 3. The summed E-state index contributed by atoms with van der Waals surface area (Å²) in [5.41, 5.74) is 7.22. The SMILES string of the molecule is N#CC1=C(N)Oc2c(ccc3ccccc23)[C@@H]1c1ccccc1[N+](=O)[O-]. The highest BCUT2D eigenvalue weighted by atomic mass is 16.6. The molecule has 3 aromatic rings. The maximum absolute atomic E-state index is 11.5. The maximum Gasteiger partial charge on any atom is 0.273 e. The van der Waals surface area contributed by atoms with Crippen molar-refractivity contribution >= 4 is 16.5 Å². The van der Waals surface area contributed by atoms with Gasteiger partial charge in [0.2, 0.25) is 5.88 Å². The van der Waals surface area contributed by atoms with Crippen LogP contribution in [0, 0.1) is 21.4 Å². The largest absolute Gasteiger partial charge is 0.440 e. The summed E-state index contributed by atoms with van der Waals surface area (Å²) in [6.07, 6.45) is 0. The van der Waals surface area contributed by atoms with Gasteiger partial charge >= 0.3 is 0 Å². The second kappa shape index (κ2) is 5.90. The Kier molecular flexibility index (Phi) is 3.55. The lowest BCUT2D eigenvalue weighted by molar-refractivity contribution is -0.385. The van der Waals surface area contributed by atoms with Crippen LogP contribution in [0.3, 0.4) is 0 Å². The first-order valence-electron chi connectivity index (χ1n) is 7.94. The average Bonchev–Trinajstić information content (AvgIpc) is 2.66. The molecule has 0 radical (unpaired) electrons. The number of ether oxygens (including phenoxy) is 1. The smallest absolute Gasteiger partial charge is 0.273 e. The fourth-order valence-electron chi connectivity index (χ4n) is 3.40. The fourth-order valence-corrected chi connectivity index (χ4v) is 3.40. The van der Waals surface area contributed by atoms with Gasteiger partial charge in [-0.25, -0.2) is 0 Å². The van der Waals surface area contributed by atoms with Crippen LogP contribution in [-0.2, 0) is 0 Å². The minimum atomic E-state index is -0.657. The summed E-state index contributed by atoms with van der Waals surface area (Å²) < 4.78 is 5.77. The number of nitriles is 1. The van der Waals surface area contributed by atoms with Crippen LogP contribution in [0.5, 0.6) is 5.75 Å². The van der Waals surface area contributed by atoms with Gasteiger partial charge in [0.1, 0.15) is 17.4 Å². The van der Waals surface area contributed by atoms with Crippen molar-refractivity contribution in [2.24, 2.45) is 5.73 Å². The number of rotatable bonds is 2. The first kappa shape index (κ1) is 15.7. The van der Waals surface area contributed by atoms with E-state index in [2.05, 4.69) is 6.07 Å². The number of allylic oxidation sites excluding steroid dienone is 1. The lowest BCUT2D eigenvalue weighted by Gasteiger charge is -2.27. The third kappa shape index (κ3) is 2.26. The van der Waals surface area contributed by atoms with Crippen LogP contribution in [0.1, 0.15) is 17.0 Å². The van der Waals surface area contributed by atoms with Crippen molar-refractivity contribution < 1.29 is 9.66 Å². The van der Waals surface area contributed by atoms with E-state index < -0.39 is 10.8 Å². The van der Waals surface area contributed by atoms with Gasteiger partial charge in [-0.1, -0.05) is 54.6 Å². The first-order valence-corrected chi connectivity index (χ1v) is 7.94. The summed E-state index contributed by atoms with van der Waals surface area (Å²) in [5.74, 6) is -0.155. The van der Waals surface area contributed by atoms with E-state index in [4.69, 9.17) is 10.5 Å². The first-order chi connectivity index (χ1) is 12.6. The minimum Gasteiger partial charge on any atom is -0.440 e. The number of nitro groups is 1. The Labute approximate surface area is 148 Å². The third-order valence-corrected chi connectivity index (χ3v) is 4.55. The molecule has 1 atom stereocenters. The number of benzene rings is 3. The van der Waals surface area contributed by atoms with Gasteiger partial charge in [-0.2, -0.15) is 5.26 Å². The van der Waals surface area contributed by atoms with Crippen LogP contribution in [0.25, 0.3) is 10.8 Å². The second-order valence-corrected chi connectivity index (χ2v) is 5.95. The van der Waals surface area contributed by atoms with Crippen molar-refractivity contribution in [1.82, 2.24) is 0 Å². The molecule has 0 amide bonds. The Morgan fingerprint density at radius 1 is 1.04 bits per heavy atom. The number of para-hydroxylation sites is 1. The Balaban J connectivity index is 2.05. The summed E-state index contributed by atoms with van der Waals surface area (Å²) in [7, 11) is 0. The number of hydrogen-bond acceptors (Lipinski definition) is 5. The summed E-state index contributed by atoms with van der Waals surface area (Å²) >= 11 is 0. The quantitative estimate of drug-likeness (QED) is 0.560. The standard InChI is InChI=1S/C20H13N3O3/c21-11-16-18(14-7-3-4-8-17(14)23(24)25)15-10-9-12-5-1-2-6-13(12)19(15)26-20(16)22/h1-10,18H,22H2/t18-/m0/s1. The maximum atomic E-state index is 11.5. The van der Waals surface area contributed by atoms with Crippen molar-refractivity contribution in [2.45, 2.75) is 5.92 Å². The van der Waals surface area contributed by atoms with Crippen LogP contribution in [0.4, 0.5) is 5.69 Å². The lowest BCUT2D eigenvalue weighted by atomic mass is 9.82. The lowest BCUT2D eigenvalue weighted by Crippen LogP contribution is -2.21. The molecule has 0 bridgehead atoms. The highest BCUT2D eigenvalue weighted by molar-refractivity contribution is 5.91. The zero-order chi connectivity index (χ0) is 18.3. The molecule has 0 saturated carbocycles. The van der Waals surface area contributed by atoms with E-state index >= 15 is 0 Å². The zero-order valence-corrected chi connectivity index (χ0v) is 13.5. The molecule has 1 heterocycles. The van der Waals surface area contributed by atoms with Gasteiger partial charge in [0.25, 0.3) is 5.69 Å². The Bertz CT molecular complexity index is 1130. The molecular weight excluding hydrogens is 330 g/mol. The highest BCUT2D eigenvalue weighted by Crippen LogP contribution is 2.47. The van der Waals surface area contributed by atoms with Crippen molar-refractivity contribution in [2.75, 3.05) is 0 Å². The predicted octanol–water partition coefficient (Wildman–Crippen LogP) is 3.97. The number of hydrogen-bond donors (Lipinski definition) is 1. The predicted molar refractivity (Wildman–Crippen MR) is 96.3 cm³/mol. The van der Waals surface area contributed by atoms with Gasteiger partial charge in [0.15, 0.2) is 0 Å². The molecule has 0 spiro atoms. The molecule has 0 aromatic heterocycles. The second-order valence-electron chi connectivity index (χ2n) is 5.95. The van der Waals surface area contributed by atoms with Crippen molar-refractivity contribution in [3.63, 3.8) is 0 Å². The number of nitrogens with zero attached hydrogens (tertiary/aromatic N) is 2. The van der Waals surface area contributed by atoms with Crippen LogP contribution >= 0.6 is 0 Å². The molecule has 0 unspecified atom stereocenters. The molecule has 26 heavy (non-hydrogen) atoms. The molecule has 6 nitrogen and oxygen atoms in total. The van der Waals surface area contributed by atoms with Crippen LogP contribution < -0.4 is 10.5 Å². The van der Waals surface area contributed by atoms with Crippen molar-refractivity contribution in [3.8, 4) is 11.8 Å². The third-order valence-electron chi connectivity index (χ3n) is 4.55. The van der Waals surface area contributed by atoms with Crippen molar-refractivity contribution in [1.29, 1.82) is 5.26 Å². The summed E-state index contributed by atoms with van der Waals surface area (Å²) in [5, 5.41) is 22.9. The molecule has 0 saturated heterocycles. The van der Waals surface area contributed by atoms with Crippen molar-refractivity contribution in [3.05, 3.63) is 93.4 Å². The molecule has 6 heteroatoms. The van der Waals surface area contributed by atoms with Gasteiger partial charge in [-0.15, -0.1) is 0 Å². The van der Waals surface area contributed by atoms with Crippen LogP contribution in [0.2, 0.25) is 0 Å². The molecule has 0 fully saturated rings. The highest BCUT2D eigenvalue weighted by Gasteiger charge is 2.35. The summed E-state index contributed by atoms with van der Waals surface area (Å²) in [6, 6.07) is 19.8. The normalized spacial score (nSPS) is 15.9. The van der Waals surface area contributed by atoms with Crippen LogP contribution in [-0.4, -0.2) is 4.92 Å². The van der Waals surface area contributed by atoms with E-state index in [0.29, 0.717) is 16.9 Å². The Morgan fingerprint density at radius 3 is 2.54 bits per heavy atom. The number of nitrogens with two attached hydrogens (primary N) is 1. The van der Waals surface area contributed by atoms with Gasteiger partial charge in [0, 0.05) is 22.6 Å². The minimum absolute atomic E-state index is 0.0282. The summed E-state index contributed by atoms with van der Waals surface area (Å²) in [4.78, 5) is 11.1. The van der Waals surface area contributed by atoms with E-state index in [-0.39, 0.29) is 17.1 Å². The van der Waals surface area contributed by atoms with E-state index in [1.807, 2.05) is 36.4 Å². The molecule has 4 rings (SSSR count). The molecule has 1 aliphatic heterocycles. The van der Waals surface area contributed by atoms with Gasteiger partial charge in [-0.3, -0.25) is 10.1 Å². The summed E-state index contributed by atoms with van der Waals surface area (Å²) in [6.45, 7) is 0. The number of nitro benzene ring substituents is 1. The molecule has 2 N–H and O–H groups in total. The van der Waals surface area contributed by atoms with E-state index in [9.17, 15) is 15.4 Å². The Hall–Kier alpha value is -3.85. The van der Waals surface area contributed by atoms with Gasteiger partial charge in [-0.05, 0) is 5.39 Å². The van der Waals surface area contributed by atoms with E-state index in [1.165, 1.54) is 6.07 Å². The molecule has 1 aliphatic rings. The monoisotopic (exact) mass is 343 g/mol. The molecule has 3 aromatic carbocycles. The van der Waals surface area contributed by atoms with Gasteiger partial charge in [0.05, 0.1) is 10.8 Å². The zero-order valence-electron chi connectivity index (χ0n) is 13.5. The fraction of sp³-hybridized carbons (Fsp3) is 0.0500. The molecule has 126 valence electrons. The van der Waals surface area contributed by atoms with E-state index in [0.717, 1.165) is 10.8 Å². The molecular formula is C20H13N3O3.